The van der Waals surface area contributed by atoms with Crippen molar-refractivity contribution in [1.29, 1.82) is 0 Å². The second-order valence-corrected chi connectivity index (χ2v) is 7.33. The van der Waals surface area contributed by atoms with Crippen molar-refractivity contribution in [3.8, 4) is 0 Å². The van der Waals surface area contributed by atoms with Crippen molar-refractivity contribution in [3.63, 3.8) is 0 Å². The van der Waals surface area contributed by atoms with E-state index in [0.29, 0.717) is 17.8 Å². The van der Waals surface area contributed by atoms with Gasteiger partial charge in [0.25, 0.3) is 5.91 Å². The zero-order valence-corrected chi connectivity index (χ0v) is 16.9. The van der Waals surface area contributed by atoms with Gasteiger partial charge in [0.05, 0.1) is 18.3 Å². The summed E-state index contributed by atoms with van der Waals surface area (Å²) in [6, 6.07) is 9.44. The van der Waals surface area contributed by atoms with Gasteiger partial charge < -0.3 is 26.4 Å². The molecular formula is C21H30N6O2. The maximum atomic E-state index is 12.6. The first-order chi connectivity index (χ1) is 14.1. The van der Waals surface area contributed by atoms with E-state index in [9.17, 15) is 9.90 Å². The first-order valence-corrected chi connectivity index (χ1v) is 10.2. The summed E-state index contributed by atoms with van der Waals surface area (Å²) in [4.78, 5) is 23.0. The van der Waals surface area contributed by atoms with Crippen LogP contribution in [0.4, 0.5) is 11.8 Å². The molecule has 0 radical (unpaired) electrons. The normalized spacial score (nSPS) is 15.2. The molecule has 1 saturated heterocycles. The molecule has 0 aliphatic carbocycles. The summed E-state index contributed by atoms with van der Waals surface area (Å²) in [5, 5.41) is 16.0. The second-order valence-electron chi connectivity index (χ2n) is 7.33. The van der Waals surface area contributed by atoms with Crippen molar-refractivity contribution in [2.24, 2.45) is 0 Å². The van der Waals surface area contributed by atoms with Crippen molar-refractivity contribution in [2.75, 3.05) is 43.8 Å². The van der Waals surface area contributed by atoms with E-state index in [1.807, 2.05) is 35.2 Å². The summed E-state index contributed by atoms with van der Waals surface area (Å²) in [5.41, 5.74) is 8.40. The van der Waals surface area contributed by atoms with Gasteiger partial charge in [0.2, 0.25) is 5.95 Å². The number of aliphatic hydroxyl groups is 1. The van der Waals surface area contributed by atoms with E-state index in [-0.39, 0.29) is 24.5 Å². The molecule has 0 saturated carbocycles. The summed E-state index contributed by atoms with van der Waals surface area (Å²) in [6.45, 7) is 5.26. The Morgan fingerprint density at radius 1 is 1.28 bits per heavy atom. The van der Waals surface area contributed by atoms with Crippen LogP contribution in [0.3, 0.4) is 0 Å². The average Bonchev–Trinajstić information content (AvgIpc) is 2.73. The number of benzene rings is 1. The fraction of sp³-hybridized carbons (Fsp3) is 0.476. The smallest absolute Gasteiger partial charge is 0.253 e. The largest absolute Gasteiger partial charge is 0.394 e. The van der Waals surface area contributed by atoms with Crippen LogP contribution in [0.25, 0.3) is 0 Å². The number of carbonyl (C=O) groups is 1. The SMILES string of the molecule is CCC[C@@H](CO)Nc1cc(Cc2ccc(C(=O)N3CCNCC3)cc2)nc(N)n1. The zero-order valence-electron chi connectivity index (χ0n) is 16.9. The molecule has 1 aromatic heterocycles. The van der Waals surface area contributed by atoms with Gasteiger partial charge in [0, 0.05) is 44.2 Å². The molecule has 156 valence electrons. The van der Waals surface area contributed by atoms with Crippen LogP contribution in [0.2, 0.25) is 0 Å². The number of aliphatic hydroxyl groups excluding tert-OH is 1. The third-order valence-electron chi connectivity index (χ3n) is 5.00. The minimum Gasteiger partial charge on any atom is -0.394 e. The van der Waals surface area contributed by atoms with Gasteiger partial charge in [0.1, 0.15) is 5.82 Å². The Labute approximate surface area is 171 Å². The number of aromatic nitrogens is 2. The lowest BCUT2D eigenvalue weighted by molar-refractivity contribution is 0.0736. The van der Waals surface area contributed by atoms with E-state index >= 15 is 0 Å². The molecule has 1 amide bonds. The molecule has 8 nitrogen and oxygen atoms in total. The number of anilines is 2. The molecule has 0 bridgehead atoms. The molecule has 29 heavy (non-hydrogen) atoms. The molecule has 5 N–H and O–H groups in total. The van der Waals surface area contributed by atoms with Gasteiger partial charge in [-0.2, -0.15) is 4.98 Å². The van der Waals surface area contributed by atoms with E-state index in [2.05, 4.69) is 27.5 Å². The number of carbonyl (C=O) groups excluding carboxylic acids is 1. The number of nitrogen functional groups attached to an aromatic ring is 1. The highest BCUT2D eigenvalue weighted by Gasteiger charge is 2.17. The minimum atomic E-state index is -0.0579. The lowest BCUT2D eigenvalue weighted by atomic mass is 10.1. The molecule has 3 rings (SSSR count). The molecule has 1 atom stereocenters. The maximum Gasteiger partial charge on any atom is 0.253 e. The standard InChI is InChI=1S/C21H30N6O2/c1-2-3-17(14-28)24-19-13-18(25-21(22)26-19)12-15-4-6-16(7-5-15)20(29)27-10-8-23-9-11-27/h4-7,13,17,23,28H,2-3,8-12,14H2,1H3,(H3,22,24,25,26)/t17-/m0/s1. The molecule has 0 spiro atoms. The fourth-order valence-electron chi connectivity index (χ4n) is 3.47. The molecule has 2 aromatic rings. The Hall–Kier alpha value is -2.71. The van der Waals surface area contributed by atoms with Crippen LogP contribution < -0.4 is 16.4 Å². The molecule has 8 heteroatoms. The van der Waals surface area contributed by atoms with Crippen molar-refractivity contribution in [1.82, 2.24) is 20.2 Å². The minimum absolute atomic E-state index is 0.0374. The summed E-state index contributed by atoms with van der Waals surface area (Å²) in [5.74, 6) is 0.885. The van der Waals surface area contributed by atoms with Gasteiger partial charge in [0.15, 0.2) is 0 Å². The van der Waals surface area contributed by atoms with Crippen molar-refractivity contribution in [3.05, 3.63) is 47.2 Å². The number of nitrogens with one attached hydrogen (secondary N) is 2. The first-order valence-electron chi connectivity index (χ1n) is 10.2. The van der Waals surface area contributed by atoms with Crippen LogP contribution in [-0.4, -0.2) is 64.7 Å². The Morgan fingerprint density at radius 2 is 2.00 bits per heavy atom. The highest BCUT2D eigenvalue weighted by Crippen LogP contribution is 2.16. The molecule has 2 heterocycles. The Bertz CT molecular complexity index is 805. The first kappa shape index (κ1) is 21.0. The molecule has 1 aliphatic heterocycles. The number of piperazine rings is 1. The lowest BCUT2D eigenvalue weighted by Gasteiger charge is -2.27. The summed E-state index contributed by atoms with van der Waals surface area (Å²) in [6.07, 6.45) is 2.39. The van der Waals surface area contributed by atoms with E-state index in [4.69, 9.17) is 5.73 Å². The highest BCUT2D eigenvalue weighted by atomic mass is 16.3. The van der Waals surface area contributed by atoms with Gasteiger partial charge in [-0.15, -0.1) is 0 Å². The monoisotopic (exact) mass is 398 g/mol. The molecule has 1 fully saturated rings. The van der Waals surface area contributed by atoms with Crippen LogP contribution in [0.5, 0.6) is 0 Å². The van der Waals surface area contributed by atoms with E-state index < -0.39 is 0 Å². The fourth-order valence-corrected chi connectivity index (χ4v) is 3.47. The van der Waals surface area contributed by atoms with Gasteiger partial charge in [-0.3, -0.25) is 4.79 Å². The van der Waals surface area contributed by atoms with Crippen LogP contribution in [0.1, 0.15) is 41.4 Å². The predicted octanol–water partition coefficient (Wildman–Crippen LogP) is 1.27. The van der Waals surface area contributed by atoms with E-state index in [1.54, 1.807) is 0 Å². The van der Waals surface area contributed by atoms with Crippen LogP contribution in [0, 0.1) is 0 Å². The lowest BCUT2D eigenvalue weighted by Crippen LogP contribution is -2.46. The maximum absolute atomic E-state index is 12.6. The summed E-state index contributed by atoms with van der Waals surface area (Å²) >= 11 is 0. The number of nitrogens with zero attached hydrogens (tertiary/aromatic N) is 3. The molecule has 1 aromatic carbocycles. The van der Waals surface area contributed by atoms with E-state index in [1.165, 1.54) is 0 Å². The summed E-state index contributed by atoms with van der Waals surface area (Å²) in [7, 11) is 0. The topological polar surface area (TPSA) is 116 Å². The molecular weight excluding hydrogens is 368 g/mol. The number of amides is 1. The molecule has 0 unspecified atom stereocenters. The Morgan fingerprint density at radius 3 is 2.66 bits per heavy atom. The third kappa shape index (κ3) is 5.88. The van der Waals surface area contributed by atoms with Gasteiger partial charge >= 0.3 is 0 Å². The summed E-state index contributed by atoms with van der Waals surface area (Å²) < 4.78 is 0. The van der Waals surface area contributed by atoms with Gasteiger partial charge in [-0.1, -0.05) is 25.5 Å². The quantitative estimate of drug-likeness (QED) is 0.529. The average molecular weight is 399 g/mol. The molecule has 1 aliphatic rings. The number of hydrogen-bond donors (Lipinski definition) is 4. The van der Waals surface area contributed by atoms with E-state index in [0.717, 1.165) is 50.3 Å². The van der Waals surface area contributed by atoms with Crippen LogP contribution >= 0.6 is 0 Å². The number of hydrogen-bond acceptors (Lipinski definition) is 7. The van der Waals surface area contributed by atoms with Crippen LogP contribution in [0.15, 0.2) is 30.3 Å². The van der Waals surface area contributed by atoms with Crippen molar-refractivity contribution < 1.29 is 9.90 Å². The van der Waals surface area contributed by atoms with Gasteiger partial charge in [-0.25, -0.2) is 4.98 Å². The number of nitrogens with two attached hydrogens (primary N) is 1. The predicted molar refractivity (Wildman–Crippen MR) is 114 cm³/mol. The highest BCUT2D eigenvalue weighted by molar-refractivity contribution is 5.94. The third-order valence-corrected chi connectivity index (χ3v) is 5.00. The van der Waals surface area contributed by atoms with Gasteiger partial charge in [-0.05, 0) is 24.1 Å². The Balaban J connectivity index is 1.67. The Kier molecular flexibility index (Phi) is 7.37. The van der Waals surface area contributed by atoms with Crippen molar-refractivity contribution in [2.45, 2.75) is 32.2 Å². The second kappa shape index (κ2) is 10.2. The van der Waals surface area contributed by atoms with Crippen LogP contribution in [-0.2, 0) is 6.42 Å². The zero-order chi connectivity index (χ0) is 20.6. The van der Waals surface area contributed by atoms with Crippen molar-refractivity contribution >= 4 is 17.7 Å². The number of rotatable bonds is 8.